The van der Waals surface area contributed by atoms with Crippen LogP contribution in [0.5, 0.6) is 0 Å². The fourth-order valence-corrected chi connectivity index (χ4v) is 3.18. The molecule has 18 heavy (non-hydrogen) atoms. The number of hydrogen-bond donors (Lipinski definition) is 0. The highest BCUT2D eigenvalue weighted by Gasteiger charge is 2.15. The van der Waals surface area contributed by atoms with E-state index in [0.717, 1.165) is 9.88 Å². The van der Waals surface area contributed by atoms with Gasteiger partial charge in [-0.05, 0) is 18.4 Å². The first-order valence-electron chi connectivity index (χ1n) is 5.35. The van der Waals surface area contributed by atoms with Crippen molar-refractivity contribution >= 4 is 33.6 Å². The Bertz CT molecular complexity index is 653. The highest BCUT2D eigenvalue weighted by atomic mass is 32.1. The van der Waals surface area contributed by atoms with E-state index in [1.165, 1.54) is 11.3 Å². The van der Waals surface area contributed by atoms with Crippen LogP contribution in [0.25, 0.3) is 14.8 Å². The molecule has 0 aromatic carbocycles. The largest absolute Gasteiger partial charge is 0.461 e. The van der Waals surface area contributed by atoms with E-state index in [0.29, 0.717) is 17.3 Å². The number of carbonyl (C=O) groups is 1. The summed E-state index contributed by atoms with van der Waals surface area (Å²) in [6.07, 6.45) is 1.60. The molecule has 92 valence electrons. The quantitative estimate of drug-likeness (QED) is 0.692. The van der Waals surface area contributed by atoms with Crippen LogP contribution in [0.1, 0.15) is 17.4 Å². The minimum absolute atomic E-state index is 0.299. The number of hydrogen-bond acceptors (Lipinski definition) is 6. The van der Waals surface area contributed by atoms with Crippen LogP contribution in [0.3, 0.4) is 0 Å². The van der Waals surface area contributed by atoms with Crippen LogP contribution in [-0.2, 0) is 4.74 Å². The van der Waals surface area contributed by atoms with Crippen molar-refractivity contribution in [1.29, 1.82) is 0 Å². The van der Waals surface area contributed by atoms with Crippen molar-refractivity contribution < 1.29 is 9.53 Å². The Morgan fingerprint density at radius 1 is 1.56 bits per heavy atom. The summed E-state index contributed by atoms with van der Waals surface area (Å²) in [5.41, 5.74) is 0.299. The zero-order valence-corrected chi connectivity index (χ0v) is 11.1. The van der Waals surface area contributed by atoms with Gasteiger partial charge >= 0.3 is 5.97 Å². The van der Waals surface area contributed by atoms with E-state index in [1.54, 1.807) is 29.0 Å². The van der Waals surface area contributed by atoms with Gasteiger partial charge in [0.1, 0.15) is 0 Å². The molecule has 0 aliphatic carbocycles. The van der Waals surface area contributed by atoms with Crippen LogP contribution in [0.4, 0.5) is 0 Å². The Kier molecular flexibility index (Phi) is 2.85. The first kappa shape index (κ1) is 11.4. The van der Waals surface area contributed by atoms with E-state index in [4.69, 9.17) is 4.74 Å². The van der Waals surface area contributed by atoms with Gasteiger partial charge in [0.25, 0.3) is 0 Å². The molecule has 0 fully saturated rings. The lowest BCUT2D eigenvalue weighted by Gasteiger charge is -1.95. The summed E-state index contributed by atoms with van der Waals surface area (Å²) in [6.45, 7) is 2.11. The monoisotopic (exact) mass is 279 g/mol. The number of esters is 1. The van der Waals surface area contributed by atoms with Gasteiger partial charge in [-0.15, -0.1) is 11.3 Å². The van der Waals surface area contributed by atoms with Gasteiger partial charge in [0, 0.05) is 0 Å². The summed E-state index contributed by atoms with van der Waals surface area (Å²) >= 11 is 3.08. The third kappa shape index (κ3) is 1.91. The first-order valence-corrected chi connectivity index (χ1v) is 7.04. The Morgan fingerprint density at radius 2 is 2.44 bits per heavy atom. The maximum absolute atomic E-state index is 11.5. The van der Waals surface area contributed by atoms with Crippen molar-refractivity contribution in [3.63, 3.8) is 0 Å². The van der Waals surface area contributed by atoms with Crippen molar-refractivity contribution in [1.82, 2.24) is 14.6 Å². The van der Waals surface area contributed by atoms with E-state index < -0.39 is 5.97 Å². The third-order valence-corrected chi connectivity index (χ3v) is 4.22. The number of ether oxygens (including phenoxy) is 1. The molecule has 7 heteroatoms. The minimum atomic E-state index is -0.409. The van der Waals surface area contributed by atoms with Crippen molar-refractivity contribution in [3.8, 4) is 9.88 Å². The van der Waals surface area contributed by atoms with Gasteiger partial charge in [0.15, 0.2) is 10.7 Å². The topological polar surface area (TPSA) is 56.5 Å². The average Bonchev–Trinajstić information content (AvgIpc) is 3.03. The molecule has 0 saturated heterocycles. The lowest BCUT2D eigenvalue weighted by molar-refractivity contribution is 0.0520. The van der Waals surface area contributed by atoms with Crippen LogP contribution < -0.4 is 0 Å². The van der Waals surface area contributed by atoms with Crippen LogP contribution in [0.2, 0.25) is 0 Å². The van der Waals surface area contributed by atoms with E-state index in [2.05, 4.69) is 10.1 Å². The van der Waals surface area contributed by atoms with Crippen LogP contribution >= 0.6 is 22.7 Å². The number of rotatable bonds is 3. The molecule has 0 spiro atoms. The molecule has 0 aliphatic rings. The van der Waals surface area contributed by atoms with E-state index >= 15 is 0 Å². The molecule has 0 N–H and O–H groups in total. The maximum Gasteiger partial charge on any atom is 0.358 e. The van der Waals surface area contributed by atoms with Gasteiger partial charge < -0.3 is 4.74 Å². The number of nitrogens with zero attached hydrogens (tertiary/aromatic N) is 3. The average molecular weight is 279 g/mol. The molecule has 0 bridgehead atoms. The third-order valence-electron chi connectivity index (χ3n) is 2.26. The van der Waals surface area contributed by atoms with Gasteiger partial charge in [0.05, 0.1) is 17.7 Å². The molecule has 3 aromatic rings. The van der Waals surface area contributed by atoms with Gasteiger partial charge in [-0.3, -0.25) is 0 Å². The molecule has 0 aliphatic heterocycles. The minimum Gasteiger partial charge on any atom is -0.461 e. The standard InChI is InChI=1S/C11H9N3O2S2/c1-2-16-10(15)7-6-14-11(12-7)18-9(13-14)8-4-3-5-17-8/h3-6H,2H2,1H3. The second-order valence-electron chi connectivity index (χ2n) is 3.46. The number of carbonyl (C=O) groups excluding carboxylic acids is 1. The number of imidazole rings is 1. The zero-order valence-electron chi connectivity index (χ0n) is 9.49. The Labute approximate surface area is 111 Å². The van der Waals surface area contributed by atoms with Gasteiger partial charge in [0.2, 0.25) is 4.96 Å². The molecular weight excluding hydrogens is 270 g/mol. The van der Waals surface area contributed by atoms with E-state index in [-0.39, 0.29) is 0 Å². The summed E-state index contributed by atoms with van der Waals surface area (Å²) < 4.78 is 6.51. The van der Waals surface area contributed by atoms with Crippen LogP contribution in [-0.4, -0.2) is 27.2 Å². The second kappa shape index (κ2) is 4.51. The molecule has 0 atom stereocenters. The fraction of sp³-hybridized carbons (Fsp3) is 0.182. The zero-order chi connectivity index (χ0) is 12.5. The lowest BCUT2D eigenvalue weighted by Crippen LogP contribution is -2.04. The summed E-state index contributed by atoms with van der Waals surface area (Å²) in [5, 5.41) is 7.30. The Balaban J connectivity index is 1.96. The molecule has 0 amide bonds. The van der Waals surface area contributed by atoms with Crippen molar-refractivity contribution in [3.05, 3.63) is 29.4 Å². The predicted octanol–water partition coefficient (Wildman–Crippen LogP) is 2.70. The molecule has 3 aromatic heterocycles. The van der Waals surface area contributed by atoms with Gasteiger partial charge in [-0.25, -0.2) is 14.3 Å². The number of aromatic nitrogens is 3. The van der Waals surface area contributed by atoms with Crippen LogP contribution in [0, 0.1) is 0 Å². The molecule has 0 unspecified atom stereocenters. The second-order valence-corrected chi connectivity index (χ2v) is 5.36. The lowest BCUT2D eigenvalue weighted by atomic mass is 10.5. The molecule has 5 nitrogen and oxygen atoms in total. The molecule has 3 rings (SSSR count). The summed E-state index contributed by atoms with van der Waals surface area (Å²) in [4.78, 5) is 17.5. The fourth-order valence-electron chi connectivity index (χ4n) is 1.50. The van der Waals surface area contributed by atoms with E-state index in [9.17, 15) is 4.79 Å². The van der Waals surface area contributed by atoms with Crippen molar-refractivity contribution in [2.24, 2.45) is 0 Å². The smallest absolute Gasteiger partial charge is 0.358 e. The van der Waals surface area contributed by atoms with Gasteiger partial charge in [-0.1, -0.05) is 17.4 Å². The highest BCUT2D eigenvalue weighted by molar-refractivity contribution is 7.23. The summed E-state index contributed by atoms with van der Waals surface area (Å²) in [5.74, 6) is -0.409. The van der Waals surface area contributed by atoms with Crippen molar-refractivity contribution in [2.75, 3.05) is 6.61 Å². The highest BCUT2D eigenvalue weighted by Crippen LogP contribution is 2.29. The SMILES string of the molecule is CCOC(=O)c1cn2nc(-c3cccs3)sc2n1. The molecular formula is C11H9N3O2S2. The number of fused-ring (bicyclic) bond motifs is 1. The summed E-state index contributed by atoms with van der Waals surface area (Å²) in [6, 6.07) is 3.99. The Hall–Kier alpha value is -1.73. The molecule has 0 saturated carbocycles. The first-order chi connectivity index (χ1) is 8.78. The molecule has 0 radical (unpaired) electrons. The Morgan fingerprint density at radius 3 is 3.11 bits per heavy atom. The molecule has 3 heterocycles. The summed E-state index contributed by atoms with van der Waals surface area (Å²) in [7, 11) is 0. The number of thiophene rings is 1. The van der Waals surface area contributed by atoms with Crippen LogP contribution in [0.15, 0.2) is 23.7 Å². The predicted molar refractivity (Wildman–Crippen MR) is 70.1 cm³/mol. The van der Waals surface area contributed by atoms with Crippen molar-refractivity contribution in [2.45, 2.75) is 6.92 Å². The van der Waals surface area contributed by atoms with Gasteiger partial charge in [-0.2, -0.15) is 5.10 Å². The maximum atomic E-state index is 11.5. The normalized spacial score (nSPS) is 10.9. The van der Waals surface area contributed by atoms with E-state index in [1.807, 2.05) is 17.5 Å².